The van der Waals surface area contributed by atoms with E-state index in [0.717, 1.165) is 25.1 Å². The lowest BCUT2D eigenvalue weighted by molar-refractivity contribution is 0.543. The third-order valence-corrected chi connectivity index (χ3v) is 1.66. The molecule has 0 spiro atoms. The molecule has 0 amide bonds. The lowest BCUT2D eigenvalue weighted by Crippen LogP contribution is -2.20. The Bertz CT molecular complexity index is 229. The second kappa shape index (κ2) is 4.21. The lowest BCUT2D eigenvalue weighted by atomic mass is 10.2. The van der Waals surface area contributed by atoms with Crippen LogP contribution in [0.25, 0.3) is 0 Å². The van der Waals surface area contributed by atoms with Crippen LogP contribution in [0.1, 0.15) is 26.0 Å². The molecule has 1 atom stereocenters. The van der Waals surface area contributed by atoms with Crippen LogP contribution in [0, 0.1) is 0 Å². The van der Waals surface area contributed by atoms with Crippen molar-refractivity contribution in [2.45, 2.75) is 39.3 Å². The van der Waals surface area contributed by atoms with E-state index in [1.165, 1.54) is 0 Å². The number of aromatic nitrogens is 3. The molecule has 2 N–H and O–H groups in total. The van der Waals surface area contributed by atoms with Gasteiger partial charge >= 0.3 is 0 Å². The quantitative estimate of drug-likeness (QED) is 0.715. The molecule has 0 aromatic carbocycles. The Balaban J connectivity index is 2.63. The SMILES string of the molecule is CCCn1nncc1CC(C)N. The van der Waals surface area contributed by atoms with Gasteiger partial charge in [0, 0.05) is 19.0 Å². The first kappa shape index (κ1) is 9.19. The molecule has 0 radical (unpaired) electrons. The van der Waals surface area contributed by atoms with E-state index < -0.39 is 0 Å². The van der Waals surface area contributed by atoms with E-state index in [-0.39, 0.29) is 6.04 Å². The van der Waals surface area contributed by atoms with Crippen LogP contribution in [0.3, 0.4) is 0 Å². The Kier molecular flexibility index (Phi) is 3.22. The fraction of sp³-hybridized carbons (Fsp3) is 0.750. The Labute approximate surface area is 72.8 Å². The van der Waals surface area contributed by atoms with Crippen molar-refractivity contribution in [2.75, 3.05) is 0 Å². The number of hydrogen-bond acceptors (Lipinski definition) is 3. The van der Waals surface area contributed by atoms with Crippen molar-refractivity contribution in [1.29, 1.82) is 0 Å². The molecule has 0 fully saturated rings. The Morgan fingerprint density at radius 2 is 2.42 bits per heavy atom. The van der Waals surface area contributed by atoms with Crippen molar-refractivity contribution >= 4 is 0 Å². The van der Waals surface area contributed by atoms with Gasteiger partial charge in [0.05, 0.1) is 11.9 Å². The normalized spacial score (nSPS) is 13.2. The van der Waals surface area contributed by atoms with Crippen molar-refractivity contribution in [1.82, 2.24) is 15.0 Å². The minimum atomic E-state index is 0.180. The van der Waals surface area contributed by atoms with Crippen LogP contribution >= 0.6 is 0 Å². The highest BCUT2D eigenvalue weighted by atomic mass is 15.4. The van der Waals surface area contributed by atoms with E-state index in [2.05, 4.69) is 17.2 Å². The van der Waals surface area contributed by atoms with Crippen LogP contribution in [0.5, 0.6) is 0 Å². The van der Waals surface area contributed by atoms with E-state index in [4.69, 9.17) is 5.73 Å². The minimum Gasteiger partial charge on any atom is -0.328 e. The zero-order valence-electron chi connectivity index (χ0n) is 7.70. The molecule has 1 heterocycles. The molecule has 4 heteroatoms. The predicted octanol–water partition coefficient (Wildman–Crippen LogP) is 0.578. The maximum absolute atomic E-state index is 5.68. The summed E-state index contributed by atoms with van der Waals surface area (Å²) in [7, 11) is 0. The van der Waals surface area contributed by atoms with Gasteiger partial charge in [0.2, 0.25) is 0 Å². The molecule has 68 valence electrons. The third-order valence-electron chi connectivity index (χ3n) is 1.66. The number of nitrogens with zero attached hydrogens (tertiary/aromatic N) is 3. The zero-order chi connectivity index (χ0) is 8.97. The van der Waals surface area contributed by atoms with Crippen LogP contribution < -0.4 is 5.73 Å². The predicted molar refractivity (Wildman–Crippen MR) is 47.7 cm³/mol. The maximum Gasteiger partial charge on any atom is 0.0725 e. The van der Waals surface area contributed by atoms with Crippen molar-refractivity contribution in [2.24, 2.45) is 5.73 Å². The fourth-order valence-electron chi connectivity index (χ4n) is 1.17. The van der Waals surface area contributed by atoms with Gasteiger partial charge in [0.25, 0.3) is 0 Å². The molecule has 1 aromatic rings. The Morgan fingerprint density at radius 3 is 3.00 bits per heavy atom. The maximum atomic E-state index is 5.68. The van der Waals surface area contributed by atoms with Gasteiger partial charge in [-0.2, -0.15) is 0 Å². The summed E-state index contributed by atoms with van der Waals surface area (Å²) in [6, 6.07) is 0.180. The van der Waals surface area contributed by atoms with Crippen molar-refractivity contribution < 1.29 is 0 Å². The first-order chi connectivity index (χ1) is 5.74. The van der Waals surface area contributed by atoms with Gasteiger partial charge in [0.1, 0.15) is 0 Å². The molecule has 1 aromatic heterocycles. The summed E-state index contributed by atoms with van der Waals surface area (Å²) in [5.74, 6) is 0. The van der Waals surface area contributed by atoms with Crippen LogP contribution in [0.4, 0.5) is 0 Å². The highest BCUT2D eigenvalue weighted by molar-refractivity contribution is 4.96. The number of aryl methyl sites for hydroxylation is 1. The second-order valence-electron chi connectivity index (χ2n) is 3.13. The first-order valence-corrected chi connectivity index (χ1v) is 4.37. The average Bonchev–Trinajstić information content (AvgIpc) is 2.37. The van der Waals surface area contributed by atoms with E-state index in [9.17, 15) is 0 Å². The monoisotopic (exact) mass is 168 g/mol. The molecule has 0 aliphatic carbocycles. The zero-order valence-corrected chi connectivity index (χ0v) is 7.70. The number of hydrogen-bond donors (Lipinski definition) is 1. The topological polar surface area (TPSA) is 56.7 Å². The van der Waals surface area contributed by atoms with Gasteiger partial charge in [0.15, 0.2) is 0 Å². The summed E-state index contributed by atoms with van der Waals surface area (Å²) in [6.07, 6.45) is 3.72. The number of nitrogens with two attached hydrogens (primary N) is 1. The van der Waals surface area contributed by atoms with Crippen LogP contribution in [-0.4, -0.2) is 21.0 Å². The molecular weight excluding hydrogens is 152 g/mol. The van der Waals surface area contributed by atoms with Gasteiger partial charge in [-0.1, -0.05) is 12.1 Å². The summed E-state index contributed by atoms with van der Waals surface area (Å²) in [6.45, 7) is 5.04. The van der Waals surface area contributed by atoms with Crippen LogP contribution in [-0.2, 0) is 13.0 Å². The number of rotatable bonds is 4. The second-order valence-corrected chi connectivity index (χ2v) is 3.13. The molecular formula is C8H16N4. The Hall–Kier alpha value is -0.900. The van der Waals surface area contributed by atoms with Gasteiger partial charge in [-0.05, 0) is 13.3 Å². The summed E-state index contributed by atoms with van der Waals surface area (Å²) in [4.78, 5) is 0. The van der Waals surface area contributed by atoms with Gasteiger partial charge in [-0.15, -0.1) is 5.10 Å². The van der Waals surface area contributed by atoms with E-state index >= 15 is 0 Å². The largest absolute Gasteiger partial charge is 0.328 e. The van der Waals surface area contributed by atoms with E-state index in [1.807, 2.05) is 11.6 Å². The average molecular weight is 168 g/mol. The molecule has 1 unspecified atom stereocenters. The van der Waals surface area contributed by atoms with Crippen LogP contribution in [0.15, 0.2) is 6.20 Å². The summed E-state index contributed by atoms with van der Waals surface area (Å²) in [5.41, 5.74) is 6.81. The van der Waals surface area contributed by atoms with Gasteiger partial charge in [-0.3, -0.25) is 0 Å². The van der Waals surface area contributed by atoms with E-state index in [0.29, 0.717) is 0 Å². The van der Waals surface area contributed by atoms with E-state index in [1.54, 1.807) is 6.20 Å². The Morgan fingerprint density at radius 1 is 1.67 bits per heavy atom. The smallest absolute Gasteiger partial charge is 0.0725 e. The summed E-state index contributed by atoms with van der Waals surface area (Å²) in [5, 5.41) is 7.82. The minimum absolute atomic E-state index is 0.180. The van der Waals surface area contributed by atoms with Crippen molar-refractivity contribution in [3.8, 4) is 0 Å². The molecule has 12 heavy (non-hydrogen) atoms. The molecule has 1 rings (SSSR count). The van der Waals surface area contributed by atoms with Gasteiger partial charge in [-0.25, -0.2) is 4.68 Å². The van der Waals surface area contributed by atoms with Gasteiger partial charge < -0.3 is 5.73 Å². The standard InChI is InChI=1S/C8H16N4/c1-3-4-12-8(5-7(2)9)6-10-11-12/h6-7H,3-5,9H2,1-2H3. The highest BCUT2D eigenvalue weighted by Crippen LogP contribution is 2.00. The molecule has 0 aliphatic heterocycles. The molecule has 0 saturated carbocycles. The summed E-state index contributed by atoms with van der Waals surface area (Å²) >= 11 is 0. The summed E-state index contributed by atoms with van der Waals surface area (Å²) < 4.78 is 1.92. The molecule has 0 bridgehead atoms. The molecule has 0 aliphatic rings. The molecule has 4 nitrogen and oxygen atoms in total. The van der Waals surface area contributed by atoms with Crippen molar-refractivity contribution in [3.63, 3.8) is 0 Å². The third kappa shape index (κ3) is 2.30. The first-order valence-electron chi connectivity index (χ1n) is 4.37. The fourth-order valence-corrected chi connectivity index (χ4v) is 1.17. The van der Waals surface area contributed by atoms with Crippen molar-refractivity contribution in [3.05, 3.63) is 11.9 Å². The highest BCUT2D eigenvalue weighted by Gasteiger charge is 2.04. The molecule has 0 saturated heterocycles. The lowest BCUT2D eigenvalue weighted by Gasteiger charge is -2.06. The van der Waals surface area contributed by atoms with Crippen LogP contribution in [0.2, 0.25) is 0 Å².